The molecule has 2 atom stereocenters. The summed E-state index contributed by atoms with van der Waals surface area (Å²) >= 11 is 0. The number of aliphatic hydroxyl groups excluding tert-OH is 1. The Morgan fingerprint density at radius 3 is 2.33 bits per heavy atom. The lowest BCUT2D eigenvalue weighted by atomic mass is 9.87. The van der Waals surface area contributed by atoms with Gasteiger partial charge in [-0.25, -0.2) is 13.2 Å². The molecule has 0 spiro atoms. The van der Waals surface area contributed by atoms with Crippen molar-refractivity contribution in [2.45, 2.75) is 83.1 Å². The van der Waals surface area contributed by atoms with Crippen LogP contribution in [0.2, 0.25) is 0 Å². The number of carbonyl (C=O) groups excluding carboxylic acids is 1. The normalized spacial score (nSPS) is 14.4. The summed E-state index contributed by atoms with van der Waals surface area (Å²) in [5.74, 6) is 1.48. The highest BCUT2D eigenvalue weighted by Crippen LogP contribution is 2.36. The zero-order valence-corrected chi connectivity index (χ0v) is 30.2. The van der Waals surface area contributed by atoms with Crippen molar-refractivity contribution in [1.82, 2.24) is 14.9 Å². The summed E-state index contributed by atoms with van der Waals surface area (Å²) < 4.78 is 52.1. The number of benzene rings is 3. The van der Waals surface area contributed by atoms with Crippen molar-refractivity contribution in [3.05, 3.63) is 83.9 Å². The molecule has 49 heavy (non-hydrogen) atoms. The summed E-state index contributed by atoms with van der Waals surface area (Å²) in [6.07, 6.45) is -0.203. The van der Waals surface area contributed by atoms with Crippen LogP contribution in [0.15, 0.2) is 77.7 Å². The fourth-order valence-electron chi connectivity index (χ4n) is 5.53. The van der Waals surface area contributed by atoms with Crippen molar-refractivity contribution in [3.63, 3.8) is 0 Å². The molecule has 0 fully saturated rings. The van der Waals surface area contributed by atoms with E-state index in [1.54, 1.807) is 26.8 Å². The third-order valence-corrected chi connectivity index (χ3v) is 9.86. The Bertz CT molecular complexity index is 1610. The maximum absolute atomic E-state index is 14.2. The molecule has 0 unspecified atom stereocenters. The fraction of sp³-hybridized carbons (Fsp3) is 0.486. The molecule has 0 saturated heterocycles. The van der Waals surface area contributed by atoms with Gasteiger partial charge in [0.2, 0.25) is 16.8 Å². The number of hydrogen-bond acceptors (Lipinski definition) is 9. The highest BCUT2D eigenvalue weighted by Gasteiger charge is 2.36. The number of aliphatic hydroxyl groups is 1. The van der Waals surface area contributed by atoms with Gasteiger partial charge >= 0.3 is 6.09 Å². The molecule has 11 nitrogen and oxygen atoms in total. The van der Waals surface area contributed by atoms with Crippen LogP contribution < -0.4 is 24.8 Å². The van der Waals surface area contributed by atoms with E-state index in [4.69, 9.17) is 18.9 Å². The molecule has 0 aliphatic carbocycles. The van der Waals surface area contributed by atoms with Crippen molar-refractivity contribution in [2.24, 2.45) is 5.41 Å². The molecular formula is C37H51N3O8S. The van der Waals surface area contributed by atoms with E-state index in [1.807, 2.05) is 75.5 Å². The maximum atomic E-state index is 14.2. The predicted octanol–water partition coefficient (Wildman–Crippen LogP) is 5.51. The van der Waals surface area contributed by atoms with Gasteiger partial charge in [-0.3, -0.25) is 0 Å². The van der Waals surface area contributed by atoms with E-state index in [-0.39, 0.29) is 31.2 Å². The number of alkyl carbamates (subject to hydrolysis) is 1. The van der Waals surface area contributed by atoms with E-state index in [0.717, 1.165) is 30.5 Å². The van der Waals surface area contributed by atoms with Crippen LogP contribution in [0.3, 0.4) is 0 Å². The Hall–Kier alpha value is -3.84. The van der Waals surface area contributed by atoms with Crippen LogP contribution in [-0.4, -0.2) is 75.1 Å². The summed E-state index contributed by atoms with van der Waals surface area (Å²) in [6.45, 7) is 10.4. The van der Waals surface area contributed by atoms with Crippen molar-refractivity contribution in [1.29, 1.82) is 0 Å². The second-order valence-electron chi connectivity index (χ2n) is 14.1. The van der Waals surface area contributed by atoms with E-state index < -0.39 is 39.3 Å². The minimum atomic E-state index is -4.12. The van der Waals surface area contributed by atoms with Gasteiger partial charge in [0.1, 0.15) is 18.0 Å². The number of nitrogens with one attached hydrogen (secondary N) is 2. The SMILES string of the molecule is CNCCCC(C)(C)CN(C[C@@H](O)[C@H](Cc1ccc(OCc2ccccc2)cc1)NC(=O)OC(C)(C)C)S(=O)(=O)c1ccc2c(c1)OCO2. The molecule has 3 aromatic carbocycles. The van der Waals surface area contributed by atoms with Gasteiger partial charge in [-0.05, 0) is 94.4 Å². The predicted molar refractivity (Wildman–Crippen MR) is 188 cm³/mol. The van der Waals surface area contributed by atoms with E-state index in [9.17, 15) is 18.3 Å². The lowest BCUT2D eigenvalue weighted by Gasteiger charge is -2.35. The summed E-state index contributed by atoms with van der Waals surface area (Å²) in [4.78, 5) is 13.0. The number of rotatable bonds is 17. The van der Waals surface area contributed by atoms with Gasteiger partial charge in [0, 0.05) is 19.2 Å². The third kappa shape index (κ3) is 11.6. The van der Waals surface area contributed by atoms with Crippen molar-refractivity contribution in [3.8, 4) is 17.2 Å². The molecule has 3 N–H and O–H groups in total. The number of fused-ring (bicyclic) bond motifs is 1. The standard InChI is InChI=1S/C37H51N3O8S/c1-36(2,3)48-35(42)39-31(21-27-13-15-29(16-14-27)45-24-28-11-8-7-9-12-28)32(41)23-40(25-37(4,5)19-10-20-38-6)49(43,44)30-17-18-33-34(22-30)47-26-46-33/h7-9,11-18,22,31-32,38,41H,10,19-21,23-26H2,1-6H3,(H,39,42)/t31-,32+/m0/s1. The summed E-state index contributed by atoms with van der Waals surface area (Å²) in [6, 6.07) is 20.8. The Labute approximate surface area is 291 Å². The Kier molecular flexibility index (Phi) is 12.9. The summed E-state index contributed by atoms with van der Waals surface area (Å²) in [7, 11) is -2.24. The van der Waals surface area contributed by atoms with Gasteiger partial charge in [0.05, 0.1) is 17.0 Å². The van der Waals surface area contributed by atoms with Gasteiger partial charge in [0.25, 0.3) is 0 Å². The van der Waals surface area contributed by atoms with E-state index in [0.29, 0.717) is 23.9 Å². The Balaban J connectivity index is 1.58. The first-order valence-corrected chi connectivity index (χ1v) is 18.1. The Morgan fingerprint density at radius 1 is 0.959 bits per heavy atom. The molecule has 3 aromatic rings. The van der Waals surface area contributed by atoms with Crippen LogP contribution >= 0.6 is 0 Å². The zero-order chi connectivity index (χ0) is 35.7. The molecule has 1 heterocycles. The first-order chi connectivity index (χ1) is 23.1. The van der Waals surface area contributed by atoms with Crippen LogP contribution in [0.4, 0.5) is 4.79 Å². The van der Waals surface area contributed by atoms with Gasteiger partial charge in [-0.15, -0.1) is 0 Å². The van der Waals surface area contributed by atoms with Crippen LogP contribution in [0.1, 0.15) is 58.6 Å². The van der Waals surface area contributed by atoms with Crippen LogP contribution in [-0.2, 0) is 27.8 Å². The van der Waals surface area contributed by atoms with Crippen molar-refractivity contribution >= 4 is 16.1 Å². The summed E-state index contributed by atoms with van der Waals surface area (Å²) in [5.41, 5.74) is 0.652. The lowest BCUT2D eigenvalue weighted by molar-refractivity contribution is 0.0391. The van der Waals surface area contributed by atoms with E-state index >= 15 is 0 Å². The molecular weight excluding hydrogens is 646 g/mol. The number of sulfonamides is 1. The molecule has 1 amide bonds. The van der Waals surface area contributed by atoms with Gasteiger partial charge in [-0.1, -0.05) is 56.3 Å². The molecule has 1 aliphatic rings. The zero-order valence-electron chi connectivity index (χ0n) is 29.4. The Morgan fingerprint density at radius 2 is 1.65 bits per heavy atom. The van der Waals surface area contributed by atoms with E-state index in [1.165, 1.54) is 16.4 Å². The summed E-state index contributed by atoms with van der Waals surface area (Å²) in [5, 5.41) is 17.7. The monoisotopic (exact) mass is 697 g/mol. The maximum Gasteiger partial charge on any atom is 0.407 e. The molecule has 0 saturated carbocycles. The highest BCUT2D eigenvalue weighted by molar-refractivity contribution is 7.89. The van der Waals surface area contributed by atoms with Crippen LogP contribution in [0.25, 0.3) is 0 Å². The van der Waals surface area contributed by atoms with Gasteiger partial charge < -0.3 is 34.7 Å². The molecule has 4 rings (SSSR count). The number of ether oxygens (including phenoxy) is 4. The fourth-order valence-corrected chi connectivity index (χ4v) is 7.19. The van der Waals surface area contributed by atoms with Crippen LogP contribution in [0, 0.1) is 5.41 Å². The van der Waals surface area contributed by atoms with Crippen molar-refractivity contribution in [2.75, 3.05) is 33.5 Å². The van der Waals surface area contributed by atoms with E-state index in [2.05, 4.69) is 10.6 Å². The van der Waals surface area contributed by atoms with Crippen LogP contribution in [0.5, 0.6) is 17.2 Å². The largest absolute Gasteiger partial charge is 0.489 e. The molecule has 0 aromatic heterocycles. The van der Waals surface area contributed by atoms with Gasteiger partial charge in [-0.2, -0.15) is 4.31 Å². The second-order valence-corrected chi connectivity index (χ2v) is 16.1. The highest BCUT2D eigenvalue weighted by atomic mass is 32.2. The smallest absolute Gasteiger partial charge is 0.407 e. The number of amides is 1. The quantitative estimate of drug-likeness (QED) is 0.156. The molecule has 0 bridgehead atoms. The molecule has 0 radical (unpaired) electrons. The topological polar surface area (TPSA) is 136 Å². The lowest BCUT2D eigenvalue weighted by Crippen LogP contribution is -2.52. The minimum Gasteiger partial charge on any atom is -0.489 e. The first-order valence-electron chi connectivity index (χ1n) is 16.6. The number of carbonyl (C=O) groups is 1. The third-order valence-electron chi connectivity index (χ3n) is 8.05. The average molecular weight is 698 g/mol. The molecule has 1 aliphatic heterocycles. The average Bonchev–Trinajstić information content (AvgIpc) is 3.52. The van der Waals surface area contributed by atoms with Crippen molar-refractivity contribution < 1.29 is 37.3 Å². The number of nitrogens with zero attached hydrogens (tertiary/aromatic N) is 1. The number of hydrogen-bond donors (Lipinski definition) is 3. The molecule has 268 valence electrons. The first kappa shape index (κ1) is 38.0. The van der Waals surface area contributed by atoms with Gasteiger partial charge in [0.15, 0.2) is 11.5 Å². The second kappa shape index (κ2) is 16.7. The molecule has 12 heteroatoms. The minimum absolute atomic E-state index is 0.0118.